The number of benzene rings is 2. The predicted molar refractivity (Wildman–Crippen MR) is 84.7 cm³/mol. The van der Waals surface area contributed by atoms with Crippen molar-refractivity contribution < 1.29 is 23.1 Å². The van der Waals surface area contributed by atoms with Crippen molar-refractivity contribution in [1.82, 2.24) is 5.32 Å². The summed E-state index contributed by atoms with van der Waals surface area (Å²) in [5.74, 6) is -2.87. The molecule has 2 rings (SSSR count). The molecular weight excluding hydrogens is 318 g/mol. The lowest BCUT2D eigenvalue weighted by Crippen LogP contribution is -2.36. The molecule has 0 saturated carbocycles. The highest BCUT2D eigenvalue weighted by molar-refractivity contribution is 6.39. The molecule has 24 heavy (non-hydrogen) atoms. The van der Waals surface area contributed by atoms with Crippen LogP contribution in [0.15, 0.2) is 42.5 Å². The molecule has 0 heterocycles. The van der Waals surface area contributed by atoms with E-state index in [-0.39, 0.29) is 12.2 Å². The van der Waals surface area contributed by atoms with E-state index in [1.165, 1.54) is 0 Å². The van der Waals surface area contributed by atoms with Crippen LogP contribution in [0.25, 0.3) is 0 Å². The summed E-state index contributed by atoms with van der Waals surface area (Å²) >= 11 is 0. The molecule has 0 bridgehead atoms. The molecule has 7 heteroatoms. The zero-order valence-electron chi connectivity index (χ0n) is 12.9. The molecule has 2 aromatic carbocycles. The van der Waals surface area contributed by atoms with Gasteiger partial charge in [0.25, 0.3) is 0 Å². The normalized spacial score (nSPS) is 10.1. The Labute approximate surface area is 137 Å². The molecule has 2 aromatic rings. The number of amides is 2. The lowest BCUT2D eigenvalue weighted by molar-refractivity contribution is -0.136. The van der Waals surface area contributed by atoms with E-state index in [0.29, 0.717) is 12.2 Å². The zero-order chi connectivity index (χ0) is 17.5. The molecule has 0 spiro atoms. The van der Waals surface area contributed by atoms with Crippen molar-refractivity contribution in [3.8, 4) is 5.75 Å². The van der Waals surface area contributed by atoms with Crippen molar-refractivity contribution in [2.45, 2.75) is 6.42 Å². The Morgan fingerprint density at radius 1 is 1.08 bits per heavy atom. The second-order valence-electron chi connectivity index (χ2n) is 4.90. The van der Waals surface area contributed by atoms with Gasteiger partial charge in [0.15, 0.2) is 0 Å². The maximum absolute atomic E-state index is 13.4. The summed E-state index contributed by atoms with van der Waals surface area (Å²) in [6.45, 7) is 0.193. The van der Waals surface area contributed by atoms with Gasteiger partial charge in [-0.3, -0.25) is 9.59 Å². The highest BCUT2D eigenvalue weighted by atomic mass is 19.1. The van der Waals surface area contributed by atoms with E-state index in [4.69, 9.17) is 4.74 Å². The maximum Gasteiger partial charge on any atom is 0.313 e. The lowest BCUT2D eigenvalue weighted by atomic mass is 10.1. The van der Waals surface area contributed by atoms with Crippen LogP contribution in [0, 0.1) is 11.6 Å². The van der Waals surface area contributed by atoms with Gasteiger partial charge < -0.3 is 15.4 Å². The highest BCUT2D eigenvalue weighted by Crippen LogP contribution is 2.17. The maximum atomic E-state index is 13.4. The first-order valence-corrected chi connectivity index (χ1v) is 7.17. The molecular formula is C17H16F2N2O3. The van der Waals surface area contributed by atoms with Crippen LogP contribution >= 0.6 is 0 Å². The molecule has 0 aliphatic heterocycles. The first kappa shape index (κ1) is 17.4. The minimum Gasteiger partial charge on any atom is -0.496 e. The number of halogens is 2. The van der Waals surface area contributed by atoms with Crippen LogP contribution in [0.4, 0.5) is 14.5 Å². The summed E-state index contributed by atoms with van der Waals surface area (Å²) < 4.78 is 31.6. The lowest BCUT2D eigenvalue weighted by Gasteiger charge is -2.09. The number of hydrogen-bond donors (Lipinski definition) is 2. The van der Waals surface area contributed by atoms with Crippen molar-refractivity contribution >= 4 is 17.5 Å². The van der Waals surface area contributed by atoms with E-state index in [9.17, 15) is 18.4 Å². The number of carbonyl (C=O) groups is 2. The van der Waals surface area contributed by atoms with Crippen LogP contribution in [0.3, 0.4) is 0 Å². The van der Waals surface area contributed by atoms with Gasteiger partial charge in [-0.05, 0) is 30.2 Å². The standard InChI is InChI=1S/C17H16F2N2O3/c1-24-15-5-3-2-4-11(15)8-9-20-16(22)17(23)21-14-10-12(18)6-7-13(14)19/h2-7,10H,8-9H2,1H3,(H,20,22)(H,21,23). The van der Waals surface area contributed by atoms with E-state index in [2.05, 4.69) is 5.32 Å². The molecule has 0 aromatic heterocycles. The third-order valence-corrected chi connectivity index (χ3v) is 3.26. The smallest absolute Gasteiger partial charge is 0.313 e. The van der Waals surface area contributed by atoms with Gasteiger partial charge in [0.05, 0.1) is 12.8 Å². The summed E-state index contributed by atoms with van der Waals surface area (Å²) in [6.07, 6.45) is 0.456. The highest BCUT2D eigenvalue weighted by Gasteiger charge is 2.16. The Bertz CT molecular complexity index is 750. The third kappa shape index (κ3) is 4.52. The minimum absolute atomic E-state index is 0.193. The quantitative estimate of drug-likeness (QED) is 0.825. The topological polar surface area (TPSA) is 67.4 Å². The number of carbonyl (C=O) groups excluding carboxylic acids is 2. The first-order valence-electron chi connectivity index (χ1n) is 7.17. The van der Waals surface area contributed by atoms with Gasteiger partial charge in [0.2, 0.25) is 0 Å². The molecule has 0 saturated heterocycles. The van der Waals surface area contributed by atoms with Crippen LogP contribution in [0.2, 0.25) is 0 Å². The van der Waals surface area contributed by atoms with E-state index < -0.39 is 23.4 Å². The number of methoxy groups -OCH3 is 1. The van der Waals surface area contributed by atoms with E-state index >= 15 is 0 Å². The Morgan fingerprint density at radius 2 is 1.83 bits per heavy atom. The van der Waals surface area contributed by atoms with Crippen molar-refractivity contribution in [2.75, 3.05) is 19.0 Å². The van der Waals surface area contributed by atoms with Gasteiger partial charge in [-0.25, -0.2) is 8.78 Å². The summed E-state index contributed by atoms with van der Waals surface area (Å²) in [4.78, 5) is 23.4. The SMILES string of the molecule is COc1ccccc1CCNC(=O)C(=O)Nc1cc(F)ccc1F. The number of anilines is 1. The second-order valence-corrected chi connectivity index (χ2v) is 4.90. The second kappa shape index (κ2) is 8.05. The van der Waals surface area contributed by atoms with Gasteiger partial charge in [0, 0.05) is 12.6 Å². The number of hydrogen-bond acceptors (Lipinski definition) is 3. The Morgan fingerprint density at radius 3 is 2.58 bits per heavy atom. The van der Waals surface area contributed by atoms with Gasteiger partial charge in [-0.15, -0.1) is 0 Å². The largest absolute Gasteiger partial charge is 0.496 e. The monoisotopic (exact) mass is 334 g/mol. The summed E-state index contributed by atoms with van der Waals surface area (Å²) in [5.41, 5.74) is 0.483. The van der Waals surface area contributed by atoms with Crippen molar-refractivity contribution in [3.05, 3.63) is 59.7 Å². The predicted octanol–water partition coefficient (Wildman–Crippen LogP) is 2.27. The average molecular weight is 334 g/mol. The number of rotatable bonds is 5. The average Bonchev–Trinajstić information content (AvgIpc) is 2.58. The fraction of sp³-hybridized carbons (Fsp3) is 0.176. The Kier molecular flexibility index (Phi) is 5.83. The van der Waals surface area contributed by atoms with E-state index in [1.54, 1.807) is 13.2 Å². The van der Waals surface area contributed by atoms with Crippen molar-refractivity contribution in [1.29, 1.82) is 0 Å². The number of para-hydroxylation sites is 1. The number of nitrogens with one attached hydrogen (secondary N) is 2. The fourth-order valence-corrected chi connectivity index (χ4v) is 2.07. The Hall–Kier alpha value is -2.96. The molecule has 0 unspecified atom stereocenters. The van der Waals surface area contributed by atoms with Gasteiger partial charge in [-0.1, -0.05) is 18.2 Å². The van der Waals surface area contributed by atoms with Crippen LogP contribution in [0.1, 0.15) is 5.56 Å². The molecule has 0 atom stereocenters. The summed E-state index contributed by atoms with van der Waals surface area (Å²) in [7, 11) is 1.54. The van der Waals surface area contributed by atoms with Crippen molar-refractivity contribution in [3.63, 3.8) is 0 Å². The van der Waals surface area contributed by atoms with Crippen LogP contribution in [-0.2, 0) is 16.0 Å². The minimum atomic E-state index is -1.07. The zero-order valence-corrected chi connectivity index (χ0v) is 12.9. The molecule has 0 fully saturated rings. The molecule has 2 N–H and O–H groups in total. The van der Waals surface area contributed by atoms with Crippen LogP contribution in [0.5, 0.6) is 5.75 Å². The molecule has 126 valence electrons. The van der Waals surface area contributed by atoms with Crippen molar-refractivity contribution in [2.24, 2.45) is 0 Å². The summed E-state index contributed by atoms with van der Waals surface area (Å²) in [6, 6.07) is 9.86. The van der Waals surface area contributed by atoms with Crippen LogP contribution in [-0.4, -0.2) is 25.5 Å². The summed E-state index contributed by atoms with van der Waals surface area (Å²) in [5, 5.41) is 4.45. The van der Waals surface area contributed by atoms with Gasteiger partial charge in [0.1, 0.15) is 17.4 Å². The van der Waals surface area contributed by atoms with E-state index in [1.807, 2.05) is 23.5 Å². The first-order chi connectivity index (χ1) is 11.5. The molecule has 0 aliphatic carbocycles. The van der Waals surface area contributed by atoms with Crippen LogP contribution < -0.4 is 15.4 Å². The molecule has 5 nitrogen and oxygen atoms in total. The Balaban J connectivity index is 1.88. The molecule has 0 aliphatic rings. The third-order valence-electron chi connectivity index (χ3n) is 3.26. The fourth-order valence-electron chi connectivity index (χ4n) is 2.07. The van der Waals surface area contributed by atoms with E-state index in [0.717, 1.165) is 23.8 Å². The van der Waals surface area contributed by atoms with Gasteiger partial charge in [-0.2, -0.15) is 0 Å². The van der Waals surface area contributed by atoms with Gasteiger partial charge >= 0.3 is 11.8 Å². The number of ether oxygens (including phenoxy) is 1. The molecule has 2 amide bonds. The molecule has 0 radical (unpaired) electrons.